The molecule has 0 saturated heterocycles. The predicted octanol–water partition coefficient (Wildman–Crippen LogP) is 1.05. The van der Waals surface area contributed by atoms with Crippen LogP contribution >= 0.6 is 0 Å². The smallest absolute Gasteiger partial charge is 0.220 e. The van der Waals surface area contributed by atoms with E-state index >= 15 is 0 Å². The molecule has 20 heavy (non-hydrogen) atoms. The van der Waals surface area contributed by atoms with Gasteiger partial charge >= 0.3 is 0 Å². The molecule has 2 aromatic rings. The lowest BCUT2D eigenvalue weighted by Gasteiger charge is -2.04. The molecule has 0 aliphatic carbocycles. The van der Waals surface area contributed by atoms with E-state index in [1.54, 1.807) is 0 Å². The molecule has 0 fully saturated rings. The van der Waals surface area contributed by atoms with Crippen molar-refractivity contribution in [3.05, 3.63) is 41.2 Å². The standard InChI is InChI=1S/C14H19N5O/c1-2-11-3-5-12(6-4-11)7-8-14(20)15-10-9-13-16-18-19-17-13/h3-6H,2,7-10H2,1H3,(H,15,20)(H,16,17,18,19). The van der Waals surface area contributed by atoms with E-state index in [2.05, 4.69) is 57.1 Å². The molecule has 0 saturated carbocycles. The second kappa shape index (κ2) is 7.37. The maximum Gasteiger partial charge on any atom is 0.220 e. The van der Waals surface area contributed by atoms with Crippen molar-refractivity contribution in [3.8, 4) is 0 Å². The number of tetrazole rings is 1. The summed E-state index contributed by atoms with van der Waals surface area (Å²) in [5.74, 6) is 0.661. The van der Waals surface area contributed by atoms with E-state index in [1.807, 2.05) is 0 Å². The van der Waals surface area contributed by atoms with E-state index in [0.717, 1.165) is 12.8 Å². The number of aryl methyl sites for hydroxylation is 2. The molecule has 106 valence electrons. The highest BCUT2D eigenvalue weighted by atomic mass is 16.1. The Bertz CT molecular complexity index is 521. The molecule has 0 aliphatic heterocycles. The van der Waals surface area contributed by atoms with Crippen LogP contribution < -0.4 is 5.32 Å². The van der Waals surface area contributed by atoms with Crippen LogP contribution in [0.15, 0.2) is 24.3 Å². The molecule has 2 rings (SSSR count). The molecule has 6 heteroatoms. The topological polar surface area (TPSA) is 83.6 Å². The molecule has 0 bridgehead atoms. The Balaban J connectivity index is 1.66. The predicted molar refractivity (Wildman–Crippen MR) is 75.0 cm³/mol. The molecule has 0 spiro atoms. The zero-order valence-electron chi connectivity index (χ0n) is 11.6. The average Bonchev–Trinajstić information content (AvgIpc) is 2.99. The second-order valence-electron chi connectivity index (χ2n) is 4.60. The number of aromatic amines is 1. The van der Waals surface area contributed by atoms with Crippen molar-refractivity contribution in [1.82, 2.24) is 25.9 Å². The van der Waals surface area contributed by atoms with Gasteiger partial charge in [-0.1, -0.05) is 36.4 Å². The zero-order valence-corrected chi connectivity index (χ0v) is 11.6. The summed E-state index contributed by atoms with van der Waals surface area (Å²) in [6, 6.07) is 8.41. The number of nitrogens with one attached hydrogen (secondary N) is 2. The highest BCUT2D eigenvalue weighted by Gasteiger charge is 2.03. The van der Waals surface area contributed by atoms with Crippen LogP contribution in [0.25, 0.3) is 0 Å². The van der Waals surface area contributed by atoms with Crippen LogP contribution in [-0.2, 0) is 24.1 Å². The van der Waals surface area contributed by atoms with E-state index in [4.69, 9.17) is 0 Å². The van der Waals surface area contributed by atoms with Crippen LogP contribution in [0.4, 0.5) is 0 Å². The number of hydrogen-bond donors (Lipinski definition) is 2. The summed E-state index contributed by atoms with van der Waals surface area (Å²) in [6.45, 7) is 2.67. The average molecular weight is 273 g/mol. The lowest BCUT2D eigenvalue weighted by atomic mass is 10.1. The van der Waals surface area contributed by atoms with Crippen LogP contribution in [0.2, 0.25) is 0 Å². The van der Waals surface area contributed by atoms with Crippen LogP contribution in [0.5, 0.6) is 0 Å². The van der Waals surface area contributed by atoms with Gasteiger partial charge in [-0.05, 0) is 24.0 Å². The number of rotatable bonds is 7. The van der Waals surface area contributed by atoms with E-state index < -0.39 is 0 Å². The van der Waals surface area contributed by atoms with Gasteiger partial charge in [0, 0.05) is 19.4 Å². The van der Waals surface area contributed by atoms with E-state index in [9.17, 15) is 4.79 Å². The van der Waals surface area contributed by atoms with E-state index in [-0.39, 0.29) is 5.91 Å². The Hall–Kier alpha value is -2.24. The lowest BCUT2D eigenvalue weighted by molar-refractivity contribution is -0.121. The number of nitrogens with zero attached hydrogens (tertiary/aromatic N) is 3. The Morgan fingerprint density at radius 1 is 1.20 bits per heavy atom. The van der Waals surface area contributed by atoms with Gasteiger partial charge in [0.15, 0.2) is 5.82 Å². The number of amides is 1. The summed E-state index contributed by atoms with van der Waals surface area (Å²) in [4.78, 5) is 11.7. The van der Waals surface area contributed by atoms with Crippen molar-refractivity contribution >= 4 is 5.91 Å². The fraction of sp³-hybridized carbons (Fsp3) is 0.429. The molecule has 1 aromatic carbocycles. The molecular weight excluding hydrogens is 254 g/mol. The van der Waals surface area contributed by atoms with Crippen molar-refractivity contribution in [1.29, 1.82) is 0 Å². The van der Waals surface area contributed by atoms with Crippen molar-refractivity contribution in [2.24, 2.45) is 0 Å². The Morgan fingerprint density at radius 2 is 1.95 bits per heavy atom. The number of hydrogen-bond acceptors (Lipinski definition) is 4. The van der Waals surface area contributed by atoms with Gasteiger partial charge < -0.3 is 5.32 Å². The minimum Gasteiger partial charge on any atom is -0.356 e. The first-order valence-electron chi connectivity index (χ1n) is 6.84. The van der Waals surface area contributed by atoms with E-state index in [0.29, 0.717) is 25.2 Å². The number of carbonyl (C=O) groups is 1. The van der Waals surface area contributed by atoms with Gasteiger partial charge in [0.25, 0.3) is 0 Å². The lowest BCUT2D eigenvalue weighted by Crippen LogP contribution is -2.26. The molecule has 1 amide bonds. The van der Waals surface area contributed by atoms with Crippen molar-refractivity contribution in [3.63, 3.8) is 0 Å². The molecule has 1 aromatic heterocycles. The van der Waals surface area contributed by atoms with Crippen molar-refractivity contribution in [2.45, 2.75) is 32.6 Å². The fourth-order valence-electron chi connectivity index (χ4n) is 1.89. The molecule has 0 unspecified atom stereocenters. The molecule has 6 nitrogen and oxygen atoms in total. The Labute approximate surface area is 118 Å². The van der Waals surface area contributed by atoms with E-state index in [1.165, 1.54) is 11.1 Å². The third kappa shape index (κ3) is 4.46. The van der Waals surface area contributed by atoms with Gasteiger partial charge in [-0.2, -0.15) is 5.21 Å². The third-order valence-electron chi connectivity index (χ3n) is 3.13. The maximum atomic E-state index is 11.7. The highest BCUT2D eigenvalue weighted by Crippen LogP contribution is 2.07. The maximum absolute atomic E-state index is 11.7. The highest BCUT2D eigenvalue weighted by molar-refractivity contribution is 5.76. The number of carbonyl (C=O) groups excluding carboxylic acids is 1. The summed E-state index contributed by atoms with van der Waals surface area (Å²) in [5, 5.41) is 16.3. The summed E-state index contributed by atoms with van der Waals surface area (Å²) in [7, 11) is 0. The van der Waals surface area contributed by atoms with Gasteiger partial charge in [0.05, 0.1) is 0 Å². The van der Waals surface area contributed by atoms with Gasteiger partial charge in [0.1, 0.15) is 0 Å². The van der Waals surface area contributed by atoms with Crippen LogP contribution in [-0.4, -0.2) is 33.1 Å². The fourth-order valence-corrected chi connectivity index (χ4v) is 1.89. The van der Waals surface area contributed by atoms with Crippen LogP contribution in [0.1, 0.15) is 30.3 Å². The number of aromatic nitrogens is 4. The van der Waals surface area contributed by atoms with Gasteiger partial charge in [-0.15, -0.1) is 10.2 Å². The van der Waals surface area contributed by atoms with Gasteiger partial charge in [0.2, 0.25) is 5.91 Å². The van der Waals surface area contributed by atoms with Gasteiger partial charge in [-0.3, -0.25) is 4.79 Å². The molecule has 0 atom stereocenters. The van der Waals surface area contributed by atoms with Crippen molar-refractivity contribution in [2.75, 3.05) is 6.54 Å². The summed E-state index contributed by atoms with van der Waals surface area (Å²) in [6.07, 6.45) is 2.89. The van der Waals surface area contributed by atoms with Crippen molar-refractivity contribution < 1.29 is 4.79 Å². The quantitative estimate of drug-likeness (QED) is 0.790. The SMILES string of the molecule is CCc1ccc(CCC(=O)NCCc2nn[nH]n2)cc1. The van der Waals surface area contributed by atoms with Crippen LogP contribution in [0.3, 0.4) is 0 Å². The normalized spacial score (nSPS) is 10.4. The largest absolute Gasteiger partial charge is 0.356 e. The number of H-pyrrole nitrogens is 1. The molecule has 0 radical (unpaired) electrons. The summed E-state index contributed by atoms with van der Waals surface area (Å²) < 4.78 is 0. The van der Waals surface area contributed by atoms with Crippen LogP contribution in [0, 0.1) is 0 Å². The number of benzene rings is 1. The first kappa shape index (κ1) is 14.2. The van der Waals surface area contributed by atoms with Gasteiger partial charge in [-0.25, -0.2) is 0 Å². The molecular formula is C14H19N5O. The first-order chi connectivity index (χ1) is 9.78. The molecule has 2 N–H and O–H groups in total. The second-order valence-corrected chi connectivity index (χ2v) is 4.60. The zero-order chi connectivity index (χ0) is 14.2. The first-order valence-corrected chi connectivity index (χ1v) is 6.84. The Morgan fingerprint density at radius 3 is 2.60 bits per heavy atom. The molecule has 0 aliphatic rings. The Kier molecular flexibility index (Phi) is 5.23. The molecule has 1 heterocycles. The minimum absolute atomic E-state index is 0.0491. The third-order valence-corrected chi connectivity index (χ3v) is 3.13. The minimum atomic E-state index is 0.0491. The monoisotopic (exact) mass is 273 g/mol. The summed E-state index contributed by atoms with van der Waals surface area (Å²) >= 11 is 0. The summed E-state index contributed by atoms with van der Waals surface area (Å²) in [5.41, 5.74) is 2.51.